The van der Waals surface area contributed by atoms with E-state index < -0.39 is 0 Å². The highest BCUT2D eigenvalue weighted by Crippen LogP contribution is 2.17. The molecule has 104 valence electrons. The van der Waals surface area contributed by atoms with Crippen molar-refractivity contribution in [2.75, 3.05) is 0 Å². The third kappa shape index (κ3) is 3.70. The molecule has 4 nitrogen and oxygen atoms in total. The summed E-state index contributed by atoms with van der Waals surface area (Å²) in [6.45, 7) is 12.1. The topological polar surface area (TPSA) is 43.0 Å². The van der Waals surface area contributed by atoms with Crippen molar-refractivity contribution >= 4 is 0 Å². The van der Waals surface area contributed by atoms with Gasteiger partial charge in [0, 0.05) is 17.9 Å². The fourth-order valence-electron chi connectivity index (χ4n) is 1.93. The maximum absolute atomic E-state index is 5.93. The van der Waals surface area contributed by atoms with E-state index in [4.69, 9.17) is 4.42 Å². The fourth-order valence-corrected chi connectivity index (χ4v) is 1.93. The number of furan rings is 1. The Bertz CT molecular complexity index is 546. The predicted octanol–water partition coefficient (Wildman–Crippen LogP) is 3.03. The average molecular weight is 261 g/mol. The van der Waals surface area contributed by atoms with Crippen LogP contribution in [0, 0.1) is 13.8 Å². The highest BCUT2D eigenvalue weighted by Gasteiger charge is 2.13. The van der Waals surface area contributed by atoms with Gasteiger partial charge in [0.1, 0.15) is 17.3 Å². The Balaban J connectivity index is 2.06. The molecular formula is C15H23N3O. The lowest BCUT2D eigenvalue weighted by Gasteiger charge is -2.19. The van der Waals surface area contributed by atoms with Crippen molar-refractivity contribution in [2.45, 2.75) is 53.2 Å². The summed E-state index contributed by atoms with van der Waals surface area (Å²) < 4.78 is 8.01. The van der Waals surface area contributed by atoms with Gasteiger partial charge in [-0.1, -0.05) is 0 Å². The molecule has 2 aromatic heterocycles. The summed E-state index contributed by atoms with van der Waals surface area (Å²) in [6, 6.07) is 2.11. The van der Waals surface area contributed by atoms with Crippen molar-refractivity contribution in [3.63, 3.8) is 0 Å². The number of rotatable bonds is 4. The minimum absolute atomic E-state index is 0.0975. The predicted molar refractivity (Wildman–Crippen MR) is 76.1 cm³/mol. The normalized spacial score (nSPS) is 12.1. The van der Waals surface area contributed by atoms with Crippen LogP contribution in [0.4, 0.5) is 0 Å². The van der Waals surface area contributed by atoms with Gasteiger partial charge in [-0.15, -0.1) is 0 Å². The van der Waals surface area contributed by atoms with Crippen molar-refractivity contribution in [3.05, 3.63) is 41.4 Å². The quantitative estimate of drug-likeness (QED) is 0.920. The number of aryl methyl sites for hydroxylation is 2. The van der Waals surface area contributed by atoms with Crippen LogP contribution in [-0.4, -0.2) is 15.1 Å². The monoisotopic (exact) mass is 261 g/mol. The molecule has 0 saturated carbocycles. The smallest absolute Gasteiger partial charge is 0.124 e. The number of imidazole rings is 1. The van der Waals surface area contributed by atoms with E-state index >= 15 is 0 Å². The van der Waals surface area contributed by atoms with E-state index in [1.807, 2.05) is 19.3 Å². The first-order valence-electron chi connectivity index (χ1n) is 6.66. The molecule has 2 aromatic rings. The van der Waals surface area contributed by atoms with Gasteiger partial charge in [0.25, 0.3) is 0 Å². The molecule has 0 bridgehead atoms. The van der Waals surface area contributed by atoms with E-state index in [9.17, 15) is 0 Å². The number of nitrogens with one attached hydrogen (secondary N) is 1. The summed E-state index contributed by atoms with van der Waals surface area (Å²) in [4.78, 5) is 4.22. The van der Waals surface area contributed by atoms with Crippen molar-refractivity contribution in [3.8, 4) is 0 Å². The fraction of sp³-hybridized carbons (Fsp3) is 0.533. The van der Waals surface area contributed by atoms with E-state index in [-0.39, 0.29) is 5.54 Å². The molecular weight excluding hydrogens is 238 g/mol. The Morgan fingerprint density at radius 2 is 2.05 bits per heavy atom. The summed E-state index contributed by atoms with van der Waals surface area (Å²) in [5.74, 6) is 3.00. The van der Waals surface area contributed by atoms with Crippen LogP contribution in [0.5, 0.6) is 0 Å². The summed E-state index contributed by atoms with van der Waals surface area (Å²) in [6.07, 6.45) is 3.79. The van der Waals surface area contributed by atoms with Crippen LogP contribution in [0.25, 0.3) is 0 Å². The number of hydrogen-bond acceptors (Lipinski definition) is 3. The zero-order valence-electron chi connectivity index (χ0n) is 12.4. The Morgan fingerprint density at radius 1 is 1.32 bits per heavy atom. The van der Waals surface area contributed by atoms with Gasteiger partial charge in [0.2, 0.25) is 0 Å². The van der Waals surface area contributed by atoms with Crippen LogP contribution in [-0.2, 0) is 13.1 Å². The molecule has 0 unspecified atom stereocenters. The maximum Gasteiger partial charge on any atom is 0.124 e. The maximum atomic E-state index is 5.93. The second-order valence-corrected chi connectivity index (χ2v) is 6.02. The minimum Gasteiger partial charge on any atom is -0.463 e. The molecule has 0 aromatic carbocycles. The van der Waals surface area contributed by atoms with E-state index in [0.29, 0.717) is 0 Å². The van der Waals surface area contributed by atoms with Gasteiger partial charge in [-0.2, -0.15) is 0 Å². The number of nitrogens with zero attached hydrogens (tertiary/aromatic N) is 2. The molecule has 0 aliphatic carbocycles. The van der Waals surface area contributed by atoms with Gasteiger partial charge >= 0.3 is 0 Å². The molecule has 0 saturated heterocycles. The molecule has 0 amide bonds. The van der Waals surface area contributed by atoms with Crippen molar-refractivity contribution in [2.24, 2.45) is 0 Å². The molecule has 0 aliphatic rings. The molecule has 4 heteroatoms. The molecule has 19 heavy (non-hydrogen) atoms. The Hall–Kier alpha value is -1.55. The van der Waals surface area contributed by atoms with Gasteiger partial charge in [-0.05, 0) is 46.2 Å². The minimum atomic E-state index is 0.0975. The van der Waals surface area contributed by atoms with Gasteiger partial charge < -0.3 is 14.3 Å². The van der Waals surface area contributed by atoms with E-state index in [2.05, 4.69) is 48.6 Å². The van der Waals surface area contributed by atoms with Gasteiger partial charge in [-0.3, -0.25) is 0 Å². The Kier molecular flexibility index (Phi) is 3.80. The van der Waals surface area contributed by atoms with Crippen LogP contribution in [0.3, 0.4) is 0 Å². The van der Waals surface area contributed by atoms with Crippen molar-refractivity contribution in [1.82, 2.24) is 14.9 Å². The second-order valence-electron chi connectivity index (χ2n) is 6.02. The standard InChI is InChI=1S/C15H23N3O/c1-11-8-13(10-18-7-6-16-12(18)2)19-14(11)9-17-15(3,4)5/h6-8,17H,9-10H2,1-5H3. The lowest BCUT2D eigenvalue weighted by Crippen LogP contribution is -2.35. The van der Waals surface area contributed by atoms with Crippen LogP contribution >= 0.6 is 0 Å². The molecule has 2 rings (SSSR count). The first kappa shape index (κ1) is 13.9. The Morgan fingerprint density at radius 3 is 2.63 bits per heavy atom. The van der Waals surface area contributed by atoms with Crippen molar-refractivity contribution in [1.29, 1.82) is 0 Å². The number of hydrogen-bond donors (Lipinski definition) is 1. The third-order valence-electron chi connectivity index (χ3n) is 3.10. The second kappa shape index (κ2) is 5.21. The highest BCUT2D eigenvalue weighted by atomic mass is 16.3. The molecule has 0 spiro atoms. The summed E-state index contributed by atoms with van der Waals surface area (Å²) in [5.41, 5.74) is 1.30. The molecule has 0 atom stereocenters. The Labute approximate surface area is 114 Å². The lowest BCUT2D eigenvalue weighted by atomic mass is 10.1. The highest BCUT2D eigenvalue weighted by molar-refractivity contribution is 5.20. The third-order valence-corrected chi connectivity index (χ3v) is 3.10. The molecule has 2 heterocycles. The zero-order valence-corrected chi connectivity index (χ0v) is 12.4. The molecule has 0 radical (unpaired) electrons. The molecule has 0 fully saturated rings. The summed E-state index contributed by atoms with van der Waals surface area (Å²) >= 11 is 0. The first-order valence-corrected chi connectivity index (χ1v) is 6.66. The first-order chi connectivity index (χ1) is 8.85. The van der Waals surface area contributed by atoms with Gasteiger partial charge in [0.05, 0.1) is 13.1 Å². The summed E-state index contributed by atoms with van der Waals surface area (Å²) in [5, 5.41) is 3.45. The molecule has 1 N–H and O–H groups in total. The number of aromatic nitrogens is 2. The van der Waals surface area contributed by atoms with E-state index in [0.717, 1.165) is 30.4 Å². The van der Waals surface area contributed by atoms with Crippen LogP contribution in [0.2, 0.25) is 0 Å². The van der Waals surface area contributed by atoms with Gasteiger partial charge in [0.15, 0.2) is 0 Å². The van der Waals surface area contributed by atoms with Crippen LogP contribution in [0.15, 0.2) is 22.9 Å². The average Bonchev–Trinajstić information content (AvgIpc) is 2.83. The van der Waals surface area contributed by atoms with E-state index in [1.54, 1.807) is 0 Å². The van der Waals surface area contributed by atoms with Crippen molar-refractivity contribution < 1.29 is 4.42 Å². The van der Waals surface area contributed by atoms with E-state index in [1.165, 1.54) is 5.56 Å². The lowest BCUT2D eigenvalue weighted by molar-refractivity contribution is 0.374. The summed E-state index contributed by atoms with van der Waals surface area (Å²) in [7, 11) is 0. The zero-order chi connectivity index (χ0) is 14.0. The largest absolute Gasteiger partial charge is 0.463 e. The SMILES string of the molecule is Cc1cc(Cn2ccnc2C)oc1CNC(C)(C)C. The van der Waals surface area contributed by atoms with Crippen LogP contribution < -0.4 is 5.32 Å². The molecule has 0 aliphatic heterocycles. The van der Waals surface area contributed by atoms with Gasteiger partial charge in [-0.25, -0.2) is 4.98 Å². The van der Waals surface area contributed by atoms with Crippen LogP contribution in [0.1, 0.15) is 43.7 Å².